The highest BCUT2D eigenvalue weighted by atomic mass is 32.2. The molecule has 1 aliphatic heterocycles. The third kappa shape index (κ3) is 4.39. The summed E-state index contributed by atoms with van der Waals surface area (Å²) in [6.07, 6.45) is 0. The second kappa shape index (κ2) is 7.56. The van der Waals surface area contributed by atoms with E-state index in [-0.39, 0.29) is 10.9 Å². The van der Waals surface area contributed by atoms with E-state index in [1.807, 2.05) is 38.1 Å². The molecule has 0 aliphatic carbocycles. The van der Waals surface area contributed by atoms with Gasteiger partial charge in [-0.2, -0.15) is 0 Å². The molecule has 0 radical (unpaired) electrons. The molecule has 6 heteroatoms. The lowest BCUT2D eigenvalue weighted by atomic mass is 10.1. The Bertz CT molecular complexity index is 796. The second-order valence-electron chi connectivity index (χ2n) is 6.35. The molecule has 1 aliphatic rings. The molecule has 0 aromatic heterocycles. The maximum Gasteiger partial charge on any atom is 0.241 e. The highest BCUT2D eigenvalue weighted by Gasteiger charge is 2.18. The van der Waals surface area contributed by atoms with Gasteiger partial charge in [-0.3, -0.25) is 0 Å². The lowest BCUT2D eigenvalue weighted by Crippen LogP contribution is -2.36. The quantitative estimate of drug-likeness (QED) is 0.891. The van der Waals surface area contributed by atoms with E-state index in [9.17, 15) is 8.42 Å². The van der Waals surface area contributed by atoms with Crippen LogP contribution in [0.1, 0.15) is 24.1 Å². The second-order valence-corrected chi connectivity index (χ2v) is 8.06. The molecule has 3 rings (SSSR count). The standard InChI is InChI=1S/C19H24N2O3S/c1-15-3-9-19(10-4-15)25(22,23)20-16(2)17-5-7-18(8-6-17)21-11-13-24-14-12-21/h3-10,16,20H,11-14H2,1-2H3/t16-/m1/s1. The van der Waals surface area contributed by atoms with E-state index in [0.29, 0.717) is 0 Å². The average molecular weight is 360 g/mol. The molecular formula is C19H24N2O3S. The predicted octanol–water partition coefficient (Wildman–Crippen LogP) is 2.87. The van der Waals surface area contributed by atoms with E-state index in [0.717, 1.165) is 43.1 Å². The molecule has 0 amide bonds. The molecule has 0 bridgehead atoms. The number of nitrogens with one attached hydrogen (secondary N) is 1. The highest BCUT2D eigenvalue weighted by Crippen LogP contribution is 2.22. The topological polar surface area (TPSA) is 58.6 Å². The number of morpholine rings is 1. The van der Waals surface area contributed by atoms with Crippen molar-refractivity contribution in [1.82, 2.24) is 4.72 Å². The first-order valence-electron chi connectivity index (χ1n) is 8.47. The van der Waals surface area contributed by atoms with E-state index in [1.54, 1.807) is 24.3 Å². The van der Waals surface area contributed by atoms with Crippen LogP contribution in [0.4, 0.5) is 5.69 Å². The number of sulfonamides is 1. The first-order chi connectivity index (χ1) is 12.0. The van der Waals surface area contributed by atoms with Crippen LogP contribution in [0.5, 0.6) is 0 Å². The van der Waals surface area contributed by atoms with Gasteiger partial charge in [-0.1, -0.05) is 29.8 Å². The molecule has 1 atom stereocenters. The SMILES string of the molecule is Cc1ccc(S(=O)(=O)N[C@H](C)c2ccc(N3CCOCC3)cc2)cc1. The lowest BCUT2D eigenvalue weighted by molar-refractivity contribution is 0.122. The largest absolute Gasteiger partial charge is 0.378 e. The number of hydrogen-bond donors (Lipinski definition) is 1. The van der Waals surface area contributed by atoms with Crippen LogP contribution in [0.2, 0.25) is 0 Å². The van der Waals surface area contributed by atoms with Crippen LogP contribution >= 0.6 is 0 Å². The van der Waals surface area contributed by atoms with Crippen LogP contribution in [0.25, 0.3) is 0 Å². The molecule has 1 heterocycles. The summed E-state index contributed by atoms with van der Waals surface area (Å²) in [5.41, 5.74) is 3.11. The van der Waals surface area contributed by atoms with Crippen molar-refractivity contribution < 1.29 is 13.2 Å². The maximum atomic E-state index is 12.5. The van der Waals surface area contributed by atoms with Gasteiger partial charge in [0.2, 0.25) is 10.0 Å². The third-order valence-corrected chi connectivity index (χ3v) is 5.99. The molecule has 134 valence electrons. The van der Waals surface area contributed by atoms with Crippen molar-refractivity contribution in [3.8, 4) is 0 Å². The van der Waals surface area contributed by atoms with E-state index < -0.39 is 10.0 Å². The number of aryl methyl sites for hydroxylation is 1. The third-order valence-electron chi connectivity index (χ3n) is 4.43. The zero-order chi connectivity index (χ0) is 17.9. The Balaban J connectivity index is 1.70. The Morgan fingerprint density at radius 3 is 2.20 bits per heavy atom. The zero-order valence-electron chi connectivity index (χ0n) is 14.6. The summed E-state index contributed by atoms with van der Waals surface area (Å²) in [4.78, 5) is 2.56. The van der Waals surface area contributed by atoms with Gasteiger partial charge in [-0.25, -0.2) is 13.1 Å². The van der Waals surface area contributed by atoms with Gasteiger partial charge in [-0.05, 0) is 43.7 Å². The van der Waals surface area contributed by atoms with Crippen LogP contribution in [0.3, 0.4) is 0 Å². The Morgan fingerprint density at radius 1 is 1.00 bits per heavy atom. The van der Waals surface area contributed by atoms with Crippen LogP contribution < -0.4 is 9.62 Å². The van der Waals surface area contributed by atoms with Gasteiger partial charge in [0, 0.05) is 24.8 Å². The minimum atomic E-state index is -3.53. The summed E-state index contributed by atoms with van der Waals surface area (Å²) < 4.78 is 33.1. The average Bonchev–Trinajstić information content (AvgIpc) is 2.62. The molecule has 1 saturated heterocycles. The van der Waals surface area contributed by atoms with Crippen molar-refractivity contribution in [2.75, 3.05) is 31.2 Å². The molecule has 0 spiro atoms. The summed E-state index contributed by atoms with van der Waals surface area (Å²) in [7, 11) is -3.53. The monoisotopic (exact) mass is 360 g/mol. The lowest BCUT2D eigenvalue weighted by Gasteiger charge is -2.29. The number of rotatable bonds is 5. The summed E-state index contributed by atoms with van der Waals surface area (Å²) in [6.45, 7) is 7.05. The van der Waals surface area contributed by atoms with E-state index in [4.69, 9.17) is 4.74 Å². The number of ether oxygens (including phenoxy) is 1. The van der Waals surface area contributed by atoms with Crippen molar-refractivity contribution in [3.63, 3.8) is 0 Å². The number of hydrogen-bond acceptors (Lipinski definition) is 4. The minimum Gasteiger partial charge on any atom is -0.378 e. The first kappa shape index (κ1) is 17.9. The number of anilines is 1. The van der Waals surface area contributed by atoms with Crippen LogP contribution in [-0.4, -0.2) is 34.7 Å². The fraction of sp³-hybridized carbons (Fsp3) is 0.368. The molecule has 2 aromatic rings. The molecule has 2 aromatic carbocycles. The Morgan fingerprint density at radius 2 is 1.60 bits per heavy atom. The van der Waals surface area contributed by atoms with Gasteiger partial charge in [0.05, 0.1) is 18.1 Å². The summed E-state index contributed by atoms with van der Waals surface area (Å²) in [6, 6.07) is 14.6. The Kier molecular flexibility index (Phi) is 5.42. The van der Waals surface area contributed by atoms with E-state index in [1.165, 1.54) is 0 Å². The van der Waals surface area contributed by atoms with Gasteiger partial charge >= 0.3 is 0 Å². The predicted molar refractivity (Wildman–Crippen MR) is 99.4 cm³/mol. The molecule has 0 saturated carbocycles. The van der Waals surface area contributed by atoms with Crippen molar-refractivity contribution in [2.24, 2.45) is 0 Å². The van der Waals surface area contributed by atoms with Gasteiger partial charge in [0.25, 0.3) is 0 Å². The normalized spacial score (nSPS) is 16.6. The summed E-state index contributed by atoms with van der Waals surface area (Å²) in [5.74, 6) is 0. The number of benzene rings is 2. The molecule has 25 heavy (non-hydrogen) atoms. The van der Waals surface area contributed by atoms with Crippen molar-refractivity contribution in [2.45, 2.75) is 24.8 Å². The van der Waals surface area contributed by atoms with Gasteiger partial charge in [0.15, 0.2) is 0 Å². The highest BCUT2D eigenvalue weighted by molar-refractivity contribution is 7.89. The fourth-order valence-electron chi connectivity index (χ4n) is 2.88. The molecule has 1 N–H and O–H groups in total. The van der Waals surface area contributed by atoms with Gasteiger partial charge < -0.3 is 9.64 Å². The van der Waals surface area contributed by atoms with Gasteiger partial charge in [-0.15, -0.1) is 0 Å². The Labute approximate surface area is 149 Å². The Hall–Kier alpha value is -1.89. The van der Waals surface area contributed by atoms with Crippen molar-refractivity contribution >= 4 is 15.7 Å². The molecule has 0 unspecified atom stereocenters. The van der Waals surface area contributed by atoms with Crippen molar-refractivity contribution in [3.05, 3.63) is 59.7 Å². The molecule has 5 nitrogen and oxygen atoms in total. The van der Waals surface area contributed by atoms with E-state index in [2.05, 4.69) is 9.62 Å². The minimum absolute atomic E-state index is 0.287. The smallest absolute Gasteiger partial charge is 0.241 e. The number of nitrogens with zero attached hydrogens (tertiary/aromatic N) is 1. The van der Waals surface area contributed by atoms with Crippen LogP contribution in [-0.2, 0) is 14.8 Å². The summed E-state index contributed by atoms with van der Waals surface area (Å²) in [5, 5.41) is 0. The maximum absolute atomic E-state index is 12.5. The summed E-state index contributed by atoms with van der Waals surface area (Å²) >= 11 is 0. The van der Waals surface area contributed by atoms with E-state index >= 15 is 0 Å². The van der Waals surface area contributed by atoms with Gasteiger partial charge in [0.1, 0.15) is 0 Å². The fourth-order valence-corrected chi connectivity index (χ4v) is 4.11. The molecular weight excluding hydrogens is 336 g/mol. The molecule has 1 fully saturated rings. The van der Waals surface area contributed by atoms with Crippen molar-refractivity contribution in [1.29, 1.82) is 0 Å². The van der Waals surface area contributed by atoms with Crippen LogP contribution in [0, 0.1) is 6.92 Å². The first-order valence-corrected chi connectivity index (χ1v) is 9.96. The van der Waals surface area contributed by atoms with Crippen LogP contribution in [0.15, 0.2) is 53.4 Å². The zero-order valence-corrected chi connectivity index (χ0v) is 15.4.